The van der Waals surface area contributed by atoms with E-state index in [1.165, 1.54) is 0 Å². The second-order valence-electron chi connectivity index (χ2n) is 2.17. The van der Waals surface area contributed by atoms with Gasteiger partial charge >= 0.3 is 6.03 Å². The molecule has 1 rings (SSSR count). The van der Waals surface area contributed by atoms with Crippen molar-refractivity contribution in [2.45, 2.75) is 13.3 Å². The van der Waals surface area contributed by atoms with Gasteiger partial charge in [-0.1, -0.05) is 0 Å². The molecule has 1 aliphatic heterocycles. The molecule has 1 heterocycles. The molecule has 0 aromatic heterocycles. The zero-order valence-corrected chi connectivity index (χ0v) is 6.09. The molecular weight excluding hydrogens is 148 g/mol. The fraction of sp³-hybridized carbons (Fsp3) is 0.500. The van der Waals surface area contributed by atoms with Gasteiger partial charge in [0, 0.05) is 6.54 Å². The number of urea groups is 1. The molecule has 0 aliphatic carbocycles. The van der Waals surface area contributed by atoms with Crippen LogP contribution in [-0.4, -0.2) is 29.3 Å². The molecule has 0 aromatic rings. The maximum Gasteiger partial charge on any atom is 0.330 e. The fourth-order valence-electron chi connectivity index (χ4n) is 0.897. The van der Waals surface area contributed by atoms with Crippen LogP contribution in [0.15, 0.2) is 0 Å². The summed E-state index contributed by atoms with van der Waals surface area (Å²) in [6.45, 7) is 1.98. The molecule has 0 radical (unpaired) electrons. The van der Waals surface area contributed by atoms with Crippen LogP contribution in [0.5, 0.6) is 0 Å². The number of amides is 4. The van der Waals surface area contributed by atoms with Crippen LogP contribution >= 0.6 is 0 Å². The minimum atomic E-state index is -0.617. The maximum atomic E-state index is 10.9. The van der Waals surface area contributed by atoms with E-state index in [1.54, 1.807) is 6.92 Å². The first-order valence-electron chi connectivity index (χ1n) is 3.29. The Bertz CT molecular complexity index is 204. The lowest BCUT2D eigenvalue weighted by Gasteiger charge is -2.22. The molecule has 1 aliphatic rings. The molecule has 4 amide bonds. The molecular formula is C6H8N2O3. The van der Waals surface area contributed by atoms with Crippen molar-refractivity contribution in [1.29, 1.82) is 0 Å². The summed E-state index contributed by atoms with van der Waals surface area (Å²) >= 11 is 0. The van der Waals surface area contributed by atoms with Gasteiger partial charge in [0.25, 0.3) is 0 Å². The molecule has 0 aromatic carbocycles. The monoisotopic (exact) mass is 156 g/mol. The van der Waals surface area contributed by atoms with Gasteiger partial charge in [0.2, 0.25) is 11.8 Å². The highest BCUT2D eigenvalue weighted by atomic mass is 16.2. The Hall–Kier alpha value is -1.39. The predicted octanol–water partition coefficient (Wildman–Crippen LogP) is -0.525. The number of hydrogen-bond donors (Lipinski definition) is 1. The van der Waals surface area contributed by atoms with Crippen LogP contribution in [0, 0.1) is 0 Å². The number of barbiturate groups is 1. The van der Waals surface area contributed by atoms with Gasteiger partial charge in [0.05, 0.1) is 0 Å². The van der Waals surface area contributed by atoms with Crippen molar-refractivity contribution in [3.63, 3.8) is 0 Å². The molecule has 0 bridgehead atoms. The first-order valence-corrected chi connectivity index (χ1v) is 3.29. The molecule has 0 spiro atoms. The summed E-state index contributed by atoms with van der Waals surface area (Å²) in [5.74, 6) is -0.953. The van der Waals surface area contributed by atoms with Crippen molar-refractivity contribution in [3.8, 4) is 0 Å². The van der Waals surface area contributed by atoms with Crippen molar-refractivity contribution >= 4 is 17.8 Å². The number of imide groups is 2. The minimum Gasteiger partial charge on any atom is -0.277 e. The van der Waals surface area contributed by atoms with E-state index in [2.05, 4.69) is 0 Å². The molecule has 0 atom stereocenters. The van der Waals surface area contributed by atoms with Crippen molar-refractivity contribution in [3.05, 3.63) is 0 Å². The lowest BCUT2D eigenvalue weighted by atomic mass is 10.3. The van der Waals surface area contributed by atoms with E-state index in [1.807, 2.05) is 5.32 Å². The highest BCUT2D eigenvalue weighted by Gasteiger charge is 2.28. The van der Waals surface area contributed by atoms with Crippen molar-refractivity contribution in [1.82, 2.24) is 10.2 Å². The minimum absolute atomic E-state index is 0.223. The molecule has 0 saturated carbocycles. The van der Waals surface area contributed by atoms with Gasteiger partial charge in [-0.05, 0) is 6.92 Å². The van der Waals surface area contributed by atoms with Crippen LogP contribution in [0.1, 0.15) is 13.3 Å². The van der Waals surface area contributed by atoms with E-state index in [4.69, 9.17) is 0 Å². The van der Waals surface area contributed by atoms with Crippen molar-refractivity contribution < 1.29 is 14.4 Å². The zero-order chi connectivity index (χ0) is 8.43. The molecule has 5 heteroatoms. The molecule has 11 heavy (non-hydrogen) atoms. The van der Waals surface area contributed by atoms with Gasteiger partial charge in [0.1, 0.15) is 6.42 Å². The first-order chi connectivity index (χ1) is 5.15. The summed E-state index contributed by atoms with van der Waals surface area (Å²) in [6, 6.07) is -0.617. The number of nitrogens with one attached hydrogen (secondary N) is 1. The summed E-state index contributed by atoms with van der Waals surface area (Å²) in [7, 11) is 0. The Morgan fingerprint density at radius 2 is 2.09 bits per heavy atom. The molecule has 5 nitrogen and oxygen atoms in total. The average molecular weight is 156 g/mol. The second-order valence-corrected chi connectivity index (χ2v) is 2.17. The predicted molar refractivity (Wildman–Crippen MR) is 35.5 cm³/mol. The smallest absolute Gasteiger partial charge is 0.277 e. The highest BCUT2D eigenvalue weighted by molar-refractivity contribution is 6.14. The van der Waals surface area contributed by atoms with Gasteiger partial charge in [-0.25, -0.2) is 4.79 Å². The Balaban J connectivity index is 2.74. The van der Waals surface area contributed by atoms with Crippen LogP contribution in [0.2, 0.25) is 0 Å². The van der Waals surface area contributed by atoms with Gasteiger partial charge in [-0.3, -0.25) is 19.8 Å². The lowest BCUT2D eigenvalue weighted by Crippen LogP contribution is -2.52. The summed E-state index contributed by atoms with van der Waals surface area (Å²) in [4.78, 5) is 33.3. The Kier molecular flexibility index (Phi) is 1.89. The number of carbonyl (C=O) groups excluding carboxylic acids is 3. The molecule has 0 unspecified atom stereocenters. The van der Waals surface area contributed by atoms with E-state index >= 15 is 0 Å². The quantitative estimate of drug-likeness (QED) is 0.519. The summed E-state index contributed by atoms with van der Waals surface area (Å²) < 4.78 is 0. The van der Waals surface area contributed by atoms with Crippen LogP contribution in [0.25, 0.3) is 0 Å². The number of carbonyl (C=O) groups is 3. The number of hydrogen-bond acceptors (Lipinski definition) is 3. The van der Waals surface area contributed by atoms with E-state index in [-0.39, 0.29) is 6.42 Å². The lowest BCUT2D eigenvalue weighted by molar-refractivity contribution is -0.136. The molecule has 1 saturated heterocycles. The Morgan fingerprint density at radius 1 is 1.45 bits per heavy atom. The fourth-order valence-corrected chi connectivity index (χ4v) is 0.897. The third kappa shape index (κ3) is 1.36. The van der Waals surface area contributed by atoms with Gasteiger partial charge in [-0.2, -0.15) is 0 Å². The highest BCUT2D eigenvalue weighted by Crippen LogP contribution is 2.00. The molecule has 1 fully saturated rings. The molecule has 1 N–H and O–H groups in total. The largest absolute Gasteiger partial charge is 0.330 e. The van der Waals surface area contributed by atoms with Crippen molar-refractivity contribution in [2.24, 2.45) is 0 Å². The normalized spacial score (nSPS) is 18.6. The standard InChI is InChI=1S/C6H8N2O3/c1-2-8-5(10)3-4(9)7-6(8)11/h2-3H2,1H3,(H,7,9,11). The van der Waals surface area contributed by atoms with Crippen LogP contribution in [0.3, 0.4) is 0 Å². The summed E-state index contributed by atoms with van der Waals surface area (Å²) in [6.07, 6.45) is -0.223. The van der Waals surface area contributed by atoms with E-state index in [9.17, 15) is 14.4 Å². The van der Waals surface area contributed by atoms with E-state index in [0.29, 0.717) is 6.54 Å². The van der Waals surface area contributed by atoms with Gasteiger partial charge in [-0.15, -0.1) is 0 Å². The topological polar surface area (TPSA) is 66.5 Å². The first kappa shape index (κ1) is 7.71. The van der Waals surface area contributed by atoms with Gasteiger partial charge in [0.15, 0.2) is 0 Å². The van der Waals surface area contributed by atoms with Crippen molar-refractivity contribution in [2.75, 3.05) is 6.54 Å². The third-order valence-electron chi connectivity index (χ3n) is 1.42. The number of nitrogens with zero attached hydrogens (tertiary/aromatic N) is 1. The maximum absolute atomic E-state index is 10.9. The zero-order valence-electron chi connectivity index (χ0n) is 6.09. The third-order valence-corrected chi connectivity index (χ3v) is 1.42. The summed E-state index contributed by atoms with van der Waals surface area (Å²) in [5.41, 5.74) is 0. The van der Waals surface area contributed by atoms with E-state index < -0.39 is 17.8 Å². The average Bonchev–Trinajstić information content (AvgIpc) is 1.85. The Labute approximate surface area is 63.4 Å². The number of rotatable bonds is 1. The summed E-state index contributed by atoms with van der Waals surface area (Å²) in [5, 5.41) is 2.04. The van der Waals surface area contributed by atoms with Gasteiger partial charge < -0.3 is 0 Å². The van der Waals surface area contributed by atoms with Crippen LogP contribution < -0.4 is 5.32 Å². The molecule has 60 valence electrons. The second kappa shape index (κ2) is 2.69. The SMILES string of the molecule is CCN1C(=O)CC(=O)NC1=O. The van der Waals surface area contributed by atoms with Crippen LogP contribution in [0.4, 0.5) is 4.79 Å². The Morgan fingerprint density at radius 3 is 2.55 bits per heavy atom. The van der Waals surface area contributed by atoms with Crippen LogP contribution in [-0.2, 0) is 9.59 Å². The van der Waals surface area contributed by atoms with E-state index in [0.717, 1.165) is 4.90 Å².